The van der Waals surface area contributed by atoms with Crippen LogP contribution in [0.4, 0.5) is 5.82 Å². The Morgan fingerprint density at radius 2 is 2.00 bits per heavy atom. The Labute approximate surface area is 121 Å². The van der Waals surface area contributed by atoms with Crippen molar-refractivity contribution in [2.45, 2.75) is 5.88 Å². The van der Waals surface area contributed by atoms with E-state index >= 15 is 0 Å². The van der Waals surface area contributed by atoms with Gasteiger partial charge < -0.3 is 9.80 Å². The maximum Gasteiger partial charge on any atom is 0.128 e. The molecule has 5 heteroatoms. The number of hydrogen-bond acceptors (Lipinski definition) is 4. The second-order valence-corrected chi connectivity index (χ2v) is 5.56. The van der Waals surface area contributed by atoms with E-state index in [-0.39, 0.29) is 0 Å². The van der Waals surface area contributed by atoms with Crippen LogP contribution in [0.1, 0.15) is 5.56 Å². The molecule has 19 heavy (non-hydrogen) atoms. The third-order valence-corrected chi connectivity index (χ3v) is 3.83. The van der Waals surface area contributed by atoms with E-state index in [9.17, 15) is 0 Å². The second kappa shape index (κ2) is 7.08. The molecule has 2 rings (SSSR count). The van der Waals surface area contributed by atoms with Crippen LogP contribution in [0.15, 0.2) is 18.3 Å². The van der Waals surface area contributed by atoms with Gasteiger partial charge in [-0.3, -0.25) is 4.90 Å². The maximum atomic E-state index is 5.87. The third-order valence-electron chi connectivity index (χ3n) is 3.52. The first-order valence-electron chi connectivity index (χ1n) is 6.82. The van der Waals surface area contributed by atoms with Gasteiger partial charge in [-0.25, -0.2) is 4.98 Å². The van der Waals surface area contributed by atoms with E-state index < -0.39 is 0 Å². The fourth-order valence-electron chi connectivity index (χ4n) is 2.26. The predicted octanol–water partition coefficient (Wildman–Crippen LogP) is 1.50. The summed E-state index contributed by atoms with van der Waals surface area (Å²) in [4.78, 5) is 11.5. The number of aromatic nitrogens is 1. The summed E-state index contributed by atoms with van der Waals surface area (Å²) in [5, 5.41) is 0. The van der Waals surface area contributed by atoms with Crippen LogP contribution in [0.2, 0.25) is 0 Å². The quantitative estimate of drug-likeness (QED) is 0.764. The number of alkyl halides is 1. The molecular weight excluding hydrogens is 260 g/mol. The Kier molecular flexibility index (Phi) is 5.43. The maximum absolute atomic E-state index is 5.87. The lowest BCUT2D eigenvalue weighted by Gasteiger charge is -2.35. The molecule has 0 spiro atoms. The largest absolute Gasteiger partial charge is 0.354 e. The van der Waals surface area contributed by atoms with Gasteiger partial charge in [0.2, 0.25) is 0 Å². The SMILES string of the molecule is CN(C)CCN1CCN(c2cc(CCl)ccn2)CC1. The minimum atomic E-state index is 0.554. The number of halogens is 1. The van der Waals surface area contributed by atoms with Crippen molar-refractivity contribution in [3.05, 3.63) is 23.9 Å². The average molecular weight is 283 g/mol. The van der Waals surface area contributed by atoms with E-state index in [1.54, 1.807) is 0 Å². The average Bonchev–Trinajstić information content (AvgIpc) is 2.45. The molecule has 1 saturated heterocycles. The van der Waals surface area contributed by atoms with Gasteiger partial charge in [-0.15, -0.1) is 11.6 Å². The fraction of sp³-hybridized carbons (Fsp3) is 0.643. The number of rotatable bonds is 5. The summed E-state index contributed by atoms with van der Waals surface area (Å²) in [7, 11) is 4.25. The standard InChI is InChI=1S/C14H23ClN4/c1-17(2)5-6-18-7-9-19(10-8-18)14-11-13(12-15)3-4-16-14/h3-4,11H,5-10,12H2,1-2H3. The summed E-state index contributed by atoms with van der Waals surface area (Å²) in [5.74, 6) is 1.61. The summed E-state index contributed by atoms with van der Waals surface area (Å²) in [6.45, 7) is 6.59. The van der Waals surface area contributed by atoms with Crippen LogP contribution in [-0.4, -0.2) is 68.1 Å². The summed E-state index contributed by atoms with van der Waals surface area (Å²) in [6, 6.07) is 4.08. The van der Waals surface area contributed by atoms with Crippen LogP contribution < -0.4 is 4.90 Å². The molecule has 2 heterocycles. The molecule has 1 aromatic heterocycles. The first-order valence-corrected chi connectivity index (χ1v) is 7.35. The molecule has 0 saturated carbocycles. The molecule has 1 fully saturated rings. The van der Waals surface area contributed by atoms with Crippen LogP contribution in [-0.2, 0) is 5.88 Å². The fourth-order valence-corrected chi connectivity index (χ4v) is 2.42. The predicted molar refractivity (Wildman–Crippen MR) is 81.0 cm³/mol. The number of nitrogens with zero attached hydrogens (tertiary/aromatic N) is 4. The normalized spacial score (nSPS) is 17.2. The molecule has 0 aliphatic carbocycles. The zero-order valence-corrected chi connectivity index (χ0v) is 12.6. The smallest absolute Gasteiger partial charge is 0.128 e. The Bertz CT molecular complexity index is 389. The van der Waals surface area contributed by atoms with Gasteiger partial charge in [0.15, 0.2) is 0 Å². The first-order chi connectivity index (χ1) is 9.19. The summed E-state index contributed by atoms with van der Waals surface area (Å²) >= 11 is 5.87. The lowest BCUT2D eigenvalue weighted by molar-refractivity contribution is 0.229. The lowest BCUT2D eigenvalue weighted by Crippen LogP contribution is -2.48. The van der Waals surface area contributed by atoms with Gasteiger partial charge in [0.05, 0.1) is 0 Å². The van der Waals surface area contributed by atoms with Gasteiger partial charge >= 0.3 is 0 Å². The highest BCUT2D eigenvalue weighted by atomic mass is 35.5. The van der Waals surface area contributed by atoms with Gasteiger partial charge in [0, 0.05) is 51.3 Å². The summed E-state index contributed by atoms with van der Waals surface area (Å²) in [5.41, 5.74) is 1.14. The number of anilines is 1. The van der Waals surface area contributed by atoms with Crippen molar-refractivity contribution in [3.63, 3.8) is 0 Å². The number of piperazine rings is 1. The third kappa shape index (κ3) is 4.34. The molecule has 0 N–H and O–H groups in total. The molecule has 0 aromatic carbocycles. The zero-order valence-electron chi connectivity index (χ0n) is 11.8. The topological polar surface area (TPSA) is 22.6 Å². The molecule has 1 aliphatic heterocycles. The molecule has 4 nitrogen and oxygen atoms in total. The minimum absolute atomic E-state index is 0.554. The highest BCUT2D eigenvalue weighted by molar-refractivity contribution is 6.17. The van der Waals surface area contributed by atoms with E-state index in [1.807, 2.05) is 12.3 Å². The molecule has 106 valence electrons. The zero-order chi connectivity index (χ0) is 13.7. The van der Waals surface area contributed by atoms with E-state index in [0.29, 0.717) is 5.88 Å². The van der Waals surface area contributed by atoms with E-state index in [4.69, 9.17) is 11.6 Å². The Hall–Kier alpha value is -0.840. The lowest BCUT2D eigenvalue weighted by atomic mass is 10.2. The van der Waals surface area contributed by atoms with E-state index in [1.165, 1.54) is 0 Å². The minimum Gasteiger partial charge on any atom is -0.354 e. The molecule has 0 atom stereocenters. The molecule has 1 aliphatic rings. The molecule has 0 amide bonds. The molecule has 0 unspecified atom stereocenters. The van der Waals surface area contributed by atoms with Crippen molar-refractivity contribution in [2.24, 2.45) is 0 Å². The van der Waals surface area contributed by atoms with Gasteiger partial charge in [-0.05, 0) is 31.8 Å². The number of hydrogen-bond donors (Lipinski definition) is 0. The molecular formula is C14H23ClN4. The number of likely N-dealkylation sites (N-methyl/N-ethyl adjacent to an activating group) is 1. The van der Waals surface area contributed by atoms with Crippen LogP contribution in [0.25, 0.3) is 0 Å². The van der Waals surface area contributed by atoms with Gasteiger partial charge in [0.25, 0.3) is 0 Å². The summed E-state index contributed by atoms with van der Waals surface area (Å²) < 4.78 is 0. The van der Waals surface area contributed by atoms with Crippen molar-refractivity contribution in [1.82, 2.24) is 14.8 Å². The van der Waals surface area contributed by atoms with Gasteiger partial charge in [-0.2, -0.15) is 0 Å². The highest BCUT2D eigenvalue weighted by Crippen LogP contribution is 2.16. The van der Waals surface area contributed by atoms with Crippen LogP contribution >= 0.6 is 11.6 Å². The van der Waals surface area contributed by atoms with E-state index in [2.05, 4.69) is 39.8 Å². The monoisotopic (exact) mass is 282 g/mol. The van der Waals surface area contributed by atoms with Crippen LogP contribution in [0.5, 0.6) is 0 Å². The van der Waals surface area contributed by atoms with E-state index in [0.717, 1.165) is 50.6 Å². The number of pyridine rings is 1. The Morgan fingerprint density at radius 3 is 2.63 bits per heavy atom. The molecule has 0 bridgehead atoms. The van der Waals surface area contributed by atoms with Crippen molar-refractivity contribution in [1.29, 1.82) is 0 Å². The Morgan fingerprint density at radius 1 is 1.26 bits per heavy atom. The van der Waals surface area contributed by atoms with Gasteiger partial charge in [0.1, 0.15) is 5.82 Å². The Balaban J connectivity index is 1.85. The highest BCUT2D eigenvalue weighted by Gasteiger charge is 2.17. The van der Waals surface area contributed by atoms with Crippen LogP contribution in [0, 0.1) is 0 Å². The van der Waals surface area contributed by atoms with Crippen LogP contribution in [0.3, 0.4) is 0 Å². The van der Waals surface area contributed by atoms with Crippen molar-refractivity contribution in [3.8, 4) is 0 Å². The van der Waals surface area contributed by atoms with Crippen molar-refractivity contribution >= 4 is 17.4 Å². The summed E-state index contributed by atoms with van der Waals surface area (Å²) in [6.07, 6.45) is 1.85. The first kappa shape index (κ1) is 14.6. The second-order valence-electron chi connectivity index (χ2n) is 5.29. The molecule has 1 aromatic rings. The molecule has 0 radical (unpaired) electrons. The van der Waals surface area contributed by atoms with Gasteiger partial charge in [-0.1, -0.05) is 0 Å². The van der Waals surface area contributed by atoms with Crippen molar-refractivity contribution < 1.29 is 0 Å². The van der Waals surface area contributed by atoms with Crippen molar-refractivity contribution in [2.75, 3.05) is 58.3 Å².